The zero-order valence-corrected chi connectivity index (χ0v) is 11.4. The fourth-order valence-corrected chi connectivity index (χ4v) is 3.11. The predicted octanol–water partition coefficient (Wildman–Crippen LogP) is 3.19. The lowest BCUT2D eigenvalue weighted by atomic mass is 9.95. The van der Waals surface area contributed by atoms with Crippen LogP contribution in [0.25, 0.3) is 0 Å². The molecule has 1 unspecified atom stereocenters. The van der Waals surface area contributed by atoms with Crippen LogP contribution in [0.5, 0.6) is 0 Å². The summed E-state index contributed by atoms with van der Waals surface area (Å²) >= 11 is 0. The van der Waals surface area contributed by atoms with Gasteiger partial charge in [-0.15, -0.1) is 0 Å². The van der Waals surface area contributed by atoms with E-state index in [0.717, 1.165) is 17.0 Å². The highest BCUT2D eigenvalue weighted by molar-refractivity contribution is 5.76. The second kappa shape index (κ2) is 5.12. The van der Waals surface area contributed by atoms with Crippen molar-refractivity contribution >= 4 is 5.97 Å². The number of aryl methyl sites for hydroxylation is 1. The Balaban J connectivity index is 2.33. The number of carboxylic acid groups (broad SMARTS) is 1. The van der Waals surface area contributed by atoms with Gasteiger partial charge in [-0.3, -0.25) is 9.48 Å². The fraction of sp³-hybridized carbons (Fsp3) is 0.714. The molecule has 0 spiro atoms. The smallest absolute Gasteiger partial charge is 0.310 e. The number of nitrogens with zero attached hydrogens (tertiary/aromatic N) is 2. The molecule has 4 nitrogen and oxygen atoms in total. The summed E-state index contributed by atoms with van der Waals surface area (Å²) in [6.45, 7) is 5.66. The molecule has 1 aromatic heterocycles. The van der Waals surface area contributed by atoms with Crippen LogP contribution in [0, 0.1) is 13.8 Å². The normalized spacial score (nSPS) is 18.8. The number of hydrogen-bond acceptors (Lipinski definition) is 2. The third-order valence-corrected chi connectivity index (χ3v) is 4.10. The number of rotatable bonds is 3. The standard InChI is InChI=1S/C14H22N2O2/c1-9(14(17)18)13-10(2)15-16(11(13)3)12-7-5-4-6-8-12/h9,12H,4-8H2,1-3H3,(H,17,18). The van der Waals surface area contributed by atoms with E-state index in [1.807, 2.05) is 13.8 Å². The monoisotopic (exact) mass is 250 g/mol. The molecule has 0 saturated heterocycles. The summed E-state index contributed by atoms with van der Waals surface area (Å²) in [5.74, 6) is -1.24. The lowest BCUT2D eigenvalue weighted by Gasteiger charge is -2.23. The number of hydrogen-bond donors (Lipinski definition) is 1. The van der Waals surface area contributed by atoms with Gasteiger partial charge in [0.05, 0.1) is 17.7 Å². The van der Waals surface area contributed by atoms with Crippen molar-refractivity contribution in [1.82, 2.24) is 9.78 Å². The van der Waals surface area contributed by atoms with Crippen LogP contribution in [-0.2, 0) is 4.79 Å². The largest absolute Gasteiger partial charge is 0.481 e. The van der Waals surface area contributed by atoms with Crippen LogP contribution in [0.3, 0.4) is 0 Å². The van der Waals surface area contributed by atoms with Gasteiger partial charge in [0.15, 0.2) is 0 Å². The van der Waals surface area contributed by atoms with Crippen LogP contribution in [0.1, 0.15) is 67.9 Å². The highest BCUT2D eigenvalue weighted by Crippen LogP contribution is 2.32. The maximum Gasteiger partial charge on any atom is 0.310 e. The summed E-state index contributed by atoms with van der Waals surface area (Å²) in [5.41, 5.74) is 2.80. The first-order valence-corrected chi connectivity index (χ1v) is 6.80. The molecule has 18 heavy (non-hydrogen) atoms. The molecule has 1 atom stereocenters. The summed E-state index contributed by atoms with van der Waals surface area (Å²) in [7, 11) is 0. The molecule has 1 saturated carbocycles. The summed E-state index contributed by atoms with van der Waals surface area (Å²) in [4.78, 5) is 11.2. The molecule has 1 heterocycles. The van der Waals surface area contributed by atoms with Gasteiger partial charge in [-0.1, -0.05) is 19.3 Å². The number of carbonyl (C=O) groups is 1. The summed E-state index contributed by atoms with van der Waals surface area (Å²) < 4.78 is 2.07. The van der Waals surface area contributed by atoms with Crippen molar-refractivity contribution in [3.05, 3.63) is 17.0 Å². The van der Waals surface area contributed by atoms with Crippen LogP contribution < -0.4 is 0 Å². The number of aromatic nitrogens is 2. The van der Waals surface area contributed by atoms with E-state index in [4.69, 9.17) is 5.11 Å². The Morgan fingerprint density at radius 1 is 1.33 bits per heavy atom. The van der Waals surface area contributed by atoms with Gasteiger partial charge in [0.25, 0.3) is 0 Å². The van der Waals surface area contributed by atoms with Gasteiger partial charge in [-0.05, 0) is 33.6 Å². The second-order valence-corrected chi connectivity index (χ2v) is 5.38. The van der Waals surface area contributed by atoms with E-state index in [1.165, 1.54) is 32.1 Å². The van der Waals surface area contributed by atoms with Crippen molar-refractivity contribution in [2.24, 2.45) is 0 Å². The zero-order chi connectivity index (χ0) is 13.3. The molecule has 1 aliphatic rings. The molecular weight excluding hydrogens is 228 g/mol. The van der Waals surface area contributed by atoms with Crippen molar-refractivity contribution in [3.8, 4) is 0 Å². The van der Waals surface area contributed by atoms with Gasteiger partial charge in [-0.25, -0.2) is 0 Å². The number of aliphatic carboxylic acids is 1. The van der Waals surface area contributed by atoms with E-state index in [9.17, 15) is 4.79 Å². The Kier molecular flexibility index (Phi) is 3.73. The lowest BCUT2D eigenvalue weighted by molar-refractivity contribution is -0.138. The van der Waals surface area contributed by atoms with E-state index in [-0.39, 0.29) is 0 Å². The first-order chi connectivity index (χ1) is 8.52. The lowest BCUT2D eigenvalue weighted by Crippen LogP contribution is -2.16. The van der Waals surface area contributed by atoms with Gasteiger partial charge in [0, 0.05) is 11.3 Å². The van der Waals surface area contributed by atoms with E-state index < -0.39 is 11.9 Å². The SMILES string of the molecule is Cc1nn(C2CCCCC2)c(C)c1C(C)C(=O)O. The second-order valence-electron chi connectivity index (χ2n) is 5.38. The Bertz CT molecular complexity index is 445. The Labute approximate surface area is 108 Å². The van der Waals surface area contributed by atoms with E-state index in [2.05, 4.69) is 9.78 Å². The van der Waals surface area contributed by atoms with Crippen molar-refractivity contribution in [1.29, 1.82) is 0 Å². The molecule has 0 radical (unpaired) electrons. The molecule has 4 heteroatoms. The van der Waals surface area contributed by atoms with Crippen molar-refractivity contribution in [2.75, 3.05) is 0 Å². The van der Waals surface area contributed by atoms with Gasteiger partial charge in [0.2, 0.25) is 0 Å². The van der Waals surface area contributed by atoms with Crippen LogP contribution in [0.4, 0.5) is 0 Å². The maximum atomic E-state index is 11.2. The Morgan fingerprint density at radius 2 is 1.94 bits per heavy atom. The van der Waals surface area contributed by atoms with E-state index in [0.29, 0.717) is 6.04 Å². The molecule has 1 fully saturated rings. The average molecular weight is 250 g/mol. The Morgan fingerprint density at radius 3 is 2.50 bits per heavy atom. The molecule has 0 aromatic carbocycles. The molecule has 0 aliphatic heterocycles. The zero-order valence-electron chi connectivity index (χ0n) is 11.4. The van der Waals surface area contributed by atoms with Crippen LogP contribution >= 0.6 is 0 Å². The van der Waals surface area contributed by atoms with Gasteiger partial charge >= 0.3 is 5.97 Å². The first kappa shape index (κ1) is 13.1. The third kappa shape index (κ3) is 2.28. The maximum absolute atomic E-state index is 11.2. The highest BCUT2D eigenvalue weighted by Gasteiger charge is 2.26. The highest BCUT2D eigenvalue weighted by atomic mass is 16.4. The van der Waals surface area contributed by atoms with E-state index in [1.54, 1.807) is 6.92 Å². The number of carboxylic acids is 1. The minimum absolute atomic E-state index is 0.465. The van der Waals surface area contributed by atoms with E-state index >= 15 is 0 Å². The molecular formula is C14H22N2O2. The molecule has 1 aromatic rings. The van der Waals surface area contributed by atoms with Gasteiger partial charge in [0.1, 0.15) is 0 Å². The van der Waals surface area contributed by atoms with Gasteiger partial charge < -0.3 is 5.11 Å². The molecule has 0 bridgehead atoms. The topological polar surface area (TPSA) is 55.1 Å². The molecule has 0 amide bonds. The third-order valence-electron chi connectivity index (χ3n) is 4.10. The van der Waals surface area contributed by atoms with Crippen molar-refractivity contribution < 1.29 is 9.90 Å². The summed E-state index contributed by atoms with van der Waals surface area (Å²) in [6.07, 6.45) is 6.17. The quantitative estimate of drug-likeness (QED) is 0.896. The fourth-order valence-electron chi connectivity index (χ4n) is 3.11. The molecule has 2 rings (SSSR count). The van der Waals surface area contributed by atoms with Crippen molar-refractivity contribution in [3.63, 3.8) is 0 Å². The Hall–Kier alpha value is -1.32. The minimum atomic E-state index is -0.774. The van der Waals surface area contributed by atoms with Crippen molar-refractivity contribution in [2.45, 2.75) is 64.8 Å². The van der Waals surface area contributed by atoms with Crippen LogP contribution in [-0.4, -0.2) is 20.9 Å². The average Bonchev–Trinajstić information content (AvgIpc) is 2.65. The van der Waals surface area contributed by atoms with Crippen LogP contribution in [0.2, 0.25) is 0 Å². The summed E-state index contributed by atoms with van der Waals surface area (Å²) in [6, 6.07) is 0.465. The summed E-state index contributed by atoms with van der Waals surface area (Å²) in [5, 5.41) is 13.8. The molecule has 1 aliphatic carbocycles. The molecule has 100 valence electrons. The predicted molar refractivity (Wildman–Crippen MR) is 69.9 cm³/mol. The molecule has 1 N–H and O–H groups in total. The van der Waals surface area contributed by atoms with Gasteiger partial charge in [-0.2, -0.15) is 5.10 Å². The minimum Gasteiger partial charge on any atom is -0.481 e. The van der Waals surface area contributed by atoms with Crippen LogP contribution in [0.15, 0.2) is 0 Å². The first-order valence-electron chi connectivity index (χ1n) is 6.80.